The van der Waals surface area contributed by atoms with Crippen molar-refractivity contribution in [3.63, 3.8) is 0 Å². The normalized spacial score (nSPS) is 12.8. The Kier molecular flexibility index (Phi) is 3.77. The van der Waals surface area contributed by atoms with Crippen LogP contribution in [0.1, 0.15) is 28.4 Å². The molecule has 0 radical (unpaired) electrons. The third-order valence-corrected chi connectivity index (χ3v) is 2.91. The highest BCUT2D eigenvalue weighted by Gasteiger charge is 2.30. The number of nitrogens with zero attached hydrogens (tertiary/aromatic N) is 1. The average molecular weight is 277 g/mol. The Labute approximate surface area is 113 Å². The number of halogens is 3. The van der Waals surface area contributed by atoms with Gasteiger partial charge < -0.3 is 5.11 Å². The van der Waals surface area contributed by atoms with Crippen LogP contribution in [0, 0.1) is 11.3 Å². The van der Waals surface area contributed by atoms with Crippen LogP contribution in [0.2, 0.25) is 0 Å². The minimum atomic E-state index is -4.39. The van der Waals surface area contributed by atoms with Gasteiger partial charge >= 0.3 is 6.18 Å². The number of hydrogen-bond donors (Lipinski definition) is 1. The quantitative estimate of drug-likeness (QED) is 0.910. The number of hydrogen-bond acceptors (Lipinski definition) is 2. The lowest BCUT2D eigenvalue weighted by Gasteiger charge is -2.13. The van der Waals surface area contributed by atoms with Crippen molar-refractivity contribution in [2.75, 3.05) is 0 Å². The molecule has 102 valence electrons. The number of alkyl halides is 3. The lowest BCUT2D eigenvalue weighted by molar-refractivity contribution is -0.137. The van der Waals surface area contributed by atoms with Crippen molar-refractivity contribution in [2.24, 2.45) is 0 Å². The van der Waals surface area contributed by atoms with Crippen molar-refractivity contribution >= 4 is 0 Å². The molecule has 0 heterocycles. The predicted molar refractivity (Wildman–Crippen MR) is 66.7 cm³/mol. The second-order valence-corrected chi connectivity index (χ2v) is 4.26. The average Bonchev–Trinajstić information content (AvgIpc) is 2.46. The maximum atomic E-state index is 12.4. The molecule has 0 aliphatic carbocycles. The van der Waals surface area contributed by atoms with Crippen LogP contribution < -0.4 is 0 Å². The zero-order chi connectivity index (χ0) is 14.8. The van der Waals surface area contributed by atoms with E-state index in [9.17, 15) is 18.3 Å². The van der Waals surface area contributed by atoms with E-state index in [0.29, 0.717) is 16.7 Å². The van der Waals surface area contributed by atoms with E-state index in [1.165, 1.54) is 12.1 Å². The fourth-order valence-electron chi connectivity index (χ4n) is 1.79. The minimum absolute atomic E-state index is 0.364. The van der Waals surface area contributed by atoms with Crippen molar-refractivity contribution in [3.05, 3.63) is 70.8 Å². The molecule has 0 aromatic heterocycles. The molecule has 0 spiro atoms. The van der Waals surface area contributed by atoms with Crippen LogP contribution >= 0.6 is 0 Å². The first-order valence-electron chi connectivity index (χ1n) is 5.77. The largest absolute Gasteiger partial charge is 0.416 e. The van der Waals surface area contributed by atoms with Gasteiger partial charge in [0.25, 0.3) is 0 Å². The number of rotatable bonds is 2. The van der Waals surface area contributed by atoms with Crippen LogP contribution in [0.4, 0.5) is 13.2 Å². The predicted octanol–water partition coefficient (Wildman–Crippen LogP) is 3.66. The van der Waals surface area contributed by atoms with Gasteiger partial charge in [0.1, 0.15) is 6.10 Å². The van der Waals surface area contributed by atoms with Crippen molar-refractivity contribution in [1.82, 2.24) is 0 Å². The second-order valence-electron chi connectivity index (χ2n) is 4.26. The van der Waals surface area contributed by atoms with Gasteiger partial charge in [0.15, 0.2) is 0 Å². The zero-order valence-electron chi connectivity index (χ0n) is 10.2. The Bertz CT molecular complexity index is 624. The van der Waals surface area contributed by atoms with Crippen molar-refractivity contribution in [3.8, 4) is 6.07 Å². The summed E-state index contributed by atoms with van der Waals surface area (Å²) in [6.07, 6.45) is -5.41. The third kappa shape index (κ3) is 2.98. The molecule has 5 heteroatoms. The molecule has 0 saturated carbocycles. The third-order valence-electron chi connectivity index (χ3n) is 2.91. The van der Waals surface area contributed by atoms with E-state index in [2.05, 4.69) is 0 Å². The van der Waals surface area contributed by atoms with Gasteiger partial charge in [0, 0.05) is 0 Å². The molecule has 20 heavy (non-hydrogen) atoms. The van der Waals surface area contributed by atoms with Crippen LogP contribution in [0.3, 0.4) is 0 Å². The standard InChI is InChI=1S/C15H10F3NO/c16-15(17,18)13-7-5-12(6-8-13)14(20)11-3-1-10(9-19)2-4-11/h1-8,14,20H/t14-/m0/s1. The van der Waals surface area contributed by atoms with Crippen LogP contribution in [0.25, 0.3) is 0 Å². The Balaban J connectivity index is 2.24. The first-order valence-corrected chi connectivity index (χ1v) is 5.77. The van der Waals surface area contributed by atoms with Crippen molar-refractivity contribution in [1.29, 1.82) is 5.26 Å². The van der Waals surface area contributed by atoms with Gasteiger partial charge in [-0.2, -0.15) is 18.4 Å². The molecular formula is C15H10F3NO. The van der Waals surface area contributed by atoms with Gasteiger partial charge in [-0.25, -0.2) is 0 Å². The molecule has 0 saturated heterocycles. The Morgan fingerprint density at radius 3 is 1.75 bits per heavy atom. The highest BCUT2D eigenvalue weighted by Crippen LogP contribution is 2.31. The van der Waals surface area contributed by atoms with Crippen molar-refractivity contribution < 1.29 is 18.3 Å². The molecule has 0 aliphatic heterocycles. The summed E-state index contributed by atoms with van der Waals surface area (Å²) >= 11 is 0. The van der Waals surface area contributed by atoms with E-state index in [1.807, 2.05) is 6.07 Å². The van der Waals surface area contributed by atoms with E-state index in [1.54, 1.807) is 24.3 Å². The number of aliphatic hydroxyl groups excluding tert-OH is 1. The summed E-state index contributed by atoms with van der Waals surface area (Å²) < 4.78 is 37.3. The summed E-state index contributed by atoms with van der Waals surface area (Å²) in [5.74, 6) is 0. The fourth-order valence-corrected chi connectivity index (χ4v) is 1.79. The van der Waals surface area contributed by atoms with Crippen LogP contribution in [0.5, 0.6) is 0 Å². The fraction of sp³-hybridized carbons (Fsp3) is 0.133. The molecule has 0 unspecified atom stereocenters. The van der Waals surface area contributed by atoms with Crippen LogP contribution in [0.15, 0.2) is 48.5 Å². The maximum Gasteiger partial charge on any atom is 0.416 e. The Hall–Kier alpha value is -2.32. The number of aliphatic hydroxyl groups is 1. The number of nitriles is 1. The van der Waals surface area contributed by atoms with E-state index in [-0.39, 0.29) is 0 Å². The summed E-state index contributed by atoms with van der Waals surface area (Å²) in [7, 11) is 0. The highest BCUT2D eigenvalue weighted by molar-refractivity contribution is 5.37. The zero-order valence-corrected chi connectivity index (χ0v) is 10.2. The van der Waals surface area contributed by atoms with E-state index in [4.69, 9.17) is 5.26 Å². The molecule has 2 nitrogen and oxygen atoms in total. The molecule has 1 atom stereocenters. The molecule has 0 amide bonds. The van der Waals surface area contributed by atoms with Gasteiger partial charge in [-0.15, -0.1) is 0 Å². The molecular weight excluding hydrogens is 267 g/mol. The number of benzene rings is 2. The van der Waals surface area contributed by atoms with Gasteiger partial charge in [-0.05, 0) is 35.4 Å². The van der Waals surface area contributed by atoms with E-state index >= 15 is 0 Å². The van der Waals surface area contributed by atoms with Gasteiger partial charge in [-0.3, -0.25) is 0 Å². The van der Waals surface area contributed by atoms with Gasteiger partial charge in [0.2, 0.25) is 0 Å². The topological polar surface area (TPSA) is 44.0 Å². The summed E-state index contributed by atoms with van der Waals surface area (Å²) in [5, 5.41) is 18.8. The first-order chi connectivity index (χ1) is 9.41. The summed E-state index contributed by atoms with van der Waals surface area (Å²) in [4.78, 5) is 0. The smallest absolute Gasteiger partial charge is 0.384 e. The molecule has 0 fully saturated rings. The molecule has 2 rings (SSSR count). The Morgan fingerprint density at radius 1 is 0.900 bits per heavy atom. The summed E-state index contributed by atoms with van der Waals surface area (Å²) in [6.45, 7) is 0. The maximum absolute atomic E-state index is 12.4. The second kappa shape index (κ2) is 5.35. The van der Waals surface area contributed by atoms with Gasteiger partial charge in [0.05, 0.1) is 17.2 Å². The monoisotopic (exact) mass is 277 g/mol. The Morgan fingerprint density at radius 2 is 1.35 bits per heavy atom. The van der Waals surface area contributed by atoms with Crippen molar-refractivity contribution in [2.45, 2.75) is 12.3 Å². The molecule has 0 aliphatic rings. The van der Waals surface area contributed by atoms with Crippen LogP contribution in [-0.4, -0.2) is 5.11 Å². The summed E-state index contributed by atoms with van der Waals surface area (Å²) in [5.41, 5.74) is 0.577. The molecule has 2 aromatic carbocycles. The van der Waals surface area contributed by atoms with Crippen LogP contribution in [-0.2, 0) is 6.18 Å². The first kappa shape index (κ1) is 14.1. The van der Waals surface area contributed by atoms with Gasteiger partial charge in [-0.1, -0.05) is 24.3 Å². The highest BCUT2D eigenvalue weighted by atomic mass is 19.4. The molecule has 1 N–H and O–H groups in total. The molecule has 2 aromatic rings. The van der Waals surface area contributed by atoms with E-state index in [0.717, 1.165) is 12.1 Å². The van der Waals surface area contributed by atoms with E-state index < -0.39 is 17.8 Å². The lowest BCUT2D eigenvalue weighted by Crippen LogP contribution is -2.06. The molecule has 0 bridgehead atoms. The lowest BCUT2D eigenvalue weighted by atomic mass is 9.99. The summed E-state index contributed by atoms with van der Waals surface area (Å²) in [6, 6.07) is 12.5. The SMILES string of the molecule is N#Cc1ccc([C@H](O)c2ccc(C(F)(F)F)cc2)cc1. The minimum Gasteiger partial charge on any atom is -0.384 e.